The number of aromatic nitrogens is 1. The molecule has 1 saturated carbocycles. The SMILES string of the molecule is CCNC(=O)c1ocnc1C1CC1. The van der Waals surface area contributed by atoms with Gasteiger partial charge in [-0.25, -0.2) is 4.98 Å². The average Bonchev–Trinajstić information content (AvgIpc) is 2.84. The van der Waals surface area contributed by atoms with Crippen molar-refractivity contribution in [3.8, 4) is 0 Å². The van der Waals surface area contributed by atoms with Crippen LogP contribution in [0.3, 0.4) is 0 Å². The van der Waals surface area contributed by atoms with Gasteiger partial charge in [-0.15, -0.1) is 0 Å². The fraction of sp³-hybridized carbons (Fsp3) is 0.556. The van der Waals surface area contributed by atoms with Crippen LogP contribution in [0, 0.1) is 0 Å². The van der Waals surface area contributed by atoms with Crippen molar-refractivity contribution in [1.82, 2.24) is 10.3 Å². The summed E-state index contributed by atoms with van der Waals surface area (Å²) in [6, 6.07) is 0. The minimum absolute atomic E-state index is 0.151. The Morgan fingerprint density at radius 2 is 2.54 bits per heavy atom. The zero-order valence-corrected chi connectivity index (χ0v) is 7.54. The van der Waals surface area contributed by atoms with E-state index in [9.17, 15) is 4.79 Å². The van der Waals surface area contributed by atoms with Gasteiger partial charge in [-0.05, 0) is 19.8 Å². The van der Waals surface area contributed by atoms with E-state index in [1.807, 2.05) is 6.92 Å². The number of rotatable bonds is 3. The maximum atomic E-state index is 11.4. The fourth-order valence-corrected chi connectivity index (χ4v) is 1.31. The number of oxazole rings is 1. The van der Waals surface area contributed by atoms with Crippen molar-refractivity contribution in [2.24, 2.45) is 0 Å². The molecule has 0 aromatic carbocycles. The maximum absolute atomic E-state index is 11.4. The number of nitrogens with zero attached hydrogens (tertiary/aromatic N) is 1. The van der Waals surface area contributed by atoms with Crippen LogP contribution >= 0.6 is 0 Å². The summed E-state index contributed by atoms with van der Waals surface area (Å²) >= 11 is 0. The lowest BCUT2D eigenvalue weighted by Crippen LogP contribution is -2.23. The van der Waals surface area contributed by atoms with E-state index in [-0.39, 0.29) is 5.91 Å². The van der Waals surface area contributed by atoms with E-state index in [4.69, 9.17) is 4.42 Å². The van der Waals surface area contributed by atoms with Crippen LogP contribution in [0.25, 0.3) is 0 Å². The third-order valence-electron chi connectivity index (χ3n) is 2.10. The predicted molar refractivity (Wildman–Crippen MR) is 46.5 cm³/mol. The molecular weight excluding hydrogens is 168 g/mol. The molecule has 1 heterocycles. The first-order valence-corrected chi connectivity index (χ1v) is 4.54. The van der Waals surface area contributed by atoms with Gasteiger partial charge in [-0.1, -0.05) is 0 Å². The number of carbonyl (C=O) groups excluding carboxylic acids is 1. The van der Waals surface area contributed by atoms with Gasteiger partial charge < -0.3 is 9.73 Å². The molecule has 13 heavy (non-hydrogen) atoms. The topological polar surface area (TPSA) is 55.1 Å². The van der Waals surface area contributed by atoms with Crippen molar-refractivity contribution in [3.05, 3.63) is 17.8 Å². The molecule has 2 rings (SSSR count). The first-order valence-electron chi connectivity index (χ1n) is 4.54. The molecule has 1 aliphatic rings. The molecule has 70 valence electrons. The number of amides is 1. The lowest BCUT2D eigenvalue weighted by Gasteiger charge is -1.99. The quantitative estimate of drug-likeness (QED) is 0.762. The van der Waals surface area contributed by atoms with E-state index in [0.29, 0.717) is 18.2 Å². The molecule has 0 aliphatic heterocycles. The number of hydrogen-bond donors (Lipinski definition) is 1. The molecule has 1 aliphatic carbocycles. The van der Waals surface area contributed by atoms with Crippen LogP contribution in [0.1, 0.15) is 41.9 Å². The molecule has 1 amide bonds. The van der Waals surface area contributed by atoms with Gasteiger partial charge >= 0.3 is 0 Å². The normalized spacial score (nSPS) is 15.8. The zero-order chi connectivity index (χ0) is 9.26. The van der Waals surface area contributed by atoms with Crippen LogP contribution in [-0.2, 0) is 0 Å². The number of carbonyl (C=O) groups is 1. The molecule has 0 unspecified atom stereocenters. The molecule has 0 saturated heterocycles. The Morgan fingerprint density at radius 3 is 3.15 bits per heavy atom. The van der Waals surface area contributed by atoms with E-state index in [1.165, 1.54) is 6.39 Å². The molecule has 0 bridgehead atoms. The highest BCUT2D eigenvalue weighted by Gasteiger charge is 2.31. The smallest absolute Gasteiger partial charge is 0.289 e. The van der Waals surface area contributed by atoms with E-state index in [1.54, 1.807) is 0 Å². The maximum Gasteiger partial charge on any atom is 0.289 e. The van der Waals surface area contributed by atoms with Gasteiger partial charge in [0.2, 0.25) is 5.76 Å². The first kappa shape index (κ1) is 8.29. The predicted octanol–water partition coefficient (Wildman–Crippen LogP) is 1.30. The fourth-order valence-electron chi connectivity index (χ4n) is 1.31. The van der Waals surface area contributed by atoms with Gasteiger partial charge in [0.05, 0.1) is 5.69 Å². The van der Waals surface area contributed by atoms with Gasteiger partial charge in [0.25, 0.3) is 5.91 Å². The van der Waals surface area contributed by atoms with Gasteiger partial charge in [0.15, 0.2) is 6.39 Å². The van der Waals surface area contributed by atoms with Crippen LogP contribution in [-0.4, -0.2) is 17.4 Å². The summed E-state index contributed by atoms with van der Waals surface area (Å²) < 4.78 is 5.06. The van der Waals surface area contributed by atoms with Gasteiger partial charge in [-0.3, -0.25) is 4.79 Å². The van der Waals surface area contributed by atoms with Crippen molar-refractivity contribution in [2.45, 2.75) is 25.7 Å². The summed E-state index contributed by atoms with van der Waals surface area (Å²) in [5, 5.41) is 2.70. The number of nitrogens with one attached hydrogen (secondary N) is 1. The first-order chi connectivity index (χ1) is 6.33. The van der Waals surface area contributed by atoms with Crippen LogP contribution in [0.2, 0.25) is 0 Å². The van der Waals surface area contributed by atoms with Crippen LogP contribution in [0.4, 0.5) is 0 Å². The second kappa shape index (κ2) is 3.20. The Bertz CT molecular complexity index is 315. The largest absolute Gasteiger partial charge is 0.438 e. The highest BCUT2D eigenvalue weighted by molar-refractivity contribution is 5.92. The third-order valence-corrected chi connectivity index (χ3v) is 2.10. The minimum atomic E-state index is -0.151. The molecule has 0 atom stereocenters. The second-order valence-corrected chi connectivity index (χ2v) is 3.20. The minimum Gasteiger partial charge on any atom is -0.438 e. The van der Waals surface area contributed by atoms with Crippen molar-refractivity contribution in [1.29, 1.82) is 0 Å². The van der Waals surface area contributed by atoms with Crippen molar-refractivity contribution in [2.75, 3.05) is 6.54 Å². The van der Waals surface area contributed by atoms with Gasteiger partial charge in [0, 0.05) is 12.5 Å². The van der Waals surface area contributed by atoms with Crippen LogP contribution in [0.5, 0.6) is 0 Å². The summed E-state index contributed by atoms with van der Waals surface area (Å²) in [5.74, 6) is 0.697. The molecular formula is C9H12N2O2. The summed E-state index contributed by atoms with van der Waals surface area (Å²) in [6.07, 6.45) is 3.59. The Balaban J connectivity index is 2.18. The molecule has 1 aromatic heterocycles. The number of hydrogen-bond acceptors (Lipinski definition) is 3. The summed E-state index contributed by atoms with van der Waals surface area (Å²) in [4.78, 5) is 15.5. The monoisotopic (exact) mass is 180 g/mol. The van der Waals surface area contributed by atoms with Crippen molar-refractivity contribution < 1.29 is 9.21 Å². The molecule has 1 fully saturated rings. The van der Waals surface area contributed by atoms with Crippen molar-refractivity contribution in [3.63, 3.8) is 0 Å². The Kier molecular flexibility index (Phi) is 2.04. The van der Waals surface area contributed by atoms with Crippen LogP contribution in [0.15, 0.2) is 10.8 Å². The van der Waals surface area contributed by atoms with E-state index in [2.05, 4.69) is 10.3 Å². The summed E-state index contributed by atoms with van der Waals surface area (Å²) in [6.45, 7) is 2.49. The highest BCUT2D eigenvalue weighted by atomic mass is 16.3. The lowest BCUT2D eigenvalue weighted by molar-refractivity contribution is 0.0927. The van der Waals surface area contributed by atoms with E-state index in [0.717, 1.165) is 18.5 Å². The molecule has 4 nitrogen and oxygen atoms in total. The summed E-state index contributed by atoms with van der Waals surface area (Å²) in [5.41, 5.74) is 0.825. The Labute approximate surface area is 76.3 Å². The Hall–Kier alpha value is -1.32. The van der Waals surface area contributed by atoms with E-state index < -0.39 is 0 Å². The summed E-state index contributed by atoms with van der Waals surface area (Å²) in [7, 11) is 0. The molecule has 1 aromatic rings. The highest BCUT2D eigenvalue weighted by Crippen LogP contribution is 2.40. The molecule has 4 heteroatoms. The van der Waals surface area contributed by atoms with Gasteiger partial charge in [-0.2, -0.15) is 0 Å². The molecule has 1 N–H and O–H groups in total. The molecule has 0 spiro atoms. The average molecular weight is 180 g/mol. The van der Waals surface area contributed by atoms with Crippen molar-refractivity contribution >= 4 is 5.91 Å². The third kappa shape index (κ3) is 1.56. The molecule has 0 radical (unpaired) electrons. The standard InChI is InChI=1S/C9H12N2O2/c1-2-10-9(12)8-7(6-3-4-6)11-5-13-8/h5-6H,2-4H2,1H3,(H,10,12). The zero-order valence-electron chi connectivity index (χ0n) is 7.54. The lowest BCUT2D eigenvalue weighted by atomic mass is 10.2. The van der Waals surface area contributed by atoms with Crippen LogP contribution < -0.4 is 5.32 Å². The van der Waals surface area contributed by atoms with E-state index >= 15 is 0 Å². The van der Waals surface area contributed by atoms with Gasteiger partial charge in [0.1, 0.15) is 0 Å². The Morgan fingerprint density at radius 1 is 1.77 bits per heavy atom. The second-order valence-electron chi connectivity index (χ2n) is 3.20.